The minimum atomic E-state index is 0. The van der Waals surface area contributed by atoms with Gasteiger partial charge in [-0.15, -0.1) is 12.4 Å². The number of hydrazine groups is 1. The zero-order chi connectivity index (χ0) is 8.53. The molecule has 0 atom stereocenters. The zero-order valence-corrected chi connectivity index (χ0v) is 7.92. The van der Waals surface area contributed by atoms with Crippen LogP contribution in [-0.4, -0.2) is 0 Å². The molecule has 1 aromatic carbocycles. The van der Waals surface area contributed by atoms with Crippen molar-refractivity contribution in [1.82, 2.24) is 0 Å². The molecular formula is C9H15ClN2. The minimum Gasteiger partial charge on any atom is -0.274 e. The Labute approximate surface area is 79.6 Å². The first kappa shape index (κ1) is 13.7. The lowest BCUT2D eigenvalue weighted by Gasteiger charge is -1.86. The first-order valence-electron chi connectivity index (χ1n) is 3.44. The normalized spacial score (nSPS) is 8.25. The maximum Gasteiger partial charge on any atom is -0.0260 e. The third-order valence-electron chi connectivity index (χ3n) is 1.16. The molecule has 3 heteroatoms. The fraction of sp³-hybridized carbons (Fsp3) is 0.111. The monoisotopic (exact) mass is 186 g/mol. The van der Waals surface area contributed by atoms with E-state index in [2.05, 4.69) is 29.9 Å². The maximum absolute atomic E-state index is 4.00. The van der Waals surface area contributed by atoms with Gasteiger partial charge in [0.05, 0.1) is 0 Å². The number of allylic oxidation sites excluding steroid dienone is 1. The summed E-state index contributed by atoms with van der Waals surface area (Å²) in [7, 11) is 0. The molecule has 0 aliphatic carbocycles. The van der Waals surface area contributed by atoms with E-state index < -0.39 is 0 Å². The predicted octanol–water partition coefficient (Wildman–Crippen LogP) is 1.96. The van der Waals surface area contributed by atoms with Gasteiger partial charge in [-0.3, -0.25) is 11.7 Å². The average molecular weight is 187 g/mol. The van der Waals surface area contributed by atoms with Crippen LogP contribution in [0.1, 0.15) is 12.5 Å². The van der Waals surface area contributed by atoms with E-state index in [4.69, 9.17) is 0 Å². The third kappa shape index (κ3) is 5.92. The highest BCUT2D eigenvalue weighted by Crippen LogP contribution is 1.99. The highest BCUT2D eigenvalue weighted by molar-refractivity contribution is 5.85. The summed E-state index contributed by atoms with van der Waals surface area (Å²) < 4.78 is 0. The van der Waals surface area contributed by atoms with Gasteiger partial charge in [-0.1, -0.05) is 42.5 Å². The van der Waals surface area contributed by atoms with Gasteiger partial charge in [0.25, 0.3) is 0 Å². The fourth-order valence-corrected chi connectivity index (χ4v) is 0.757. The minimum absolute atomic E-state index is 0. The van der Waals surface area contributed by atoms with Gasteiger partial charge in [0.2, 0.25) is 0 Å². The quantitative estimate of drug-likeness (QED) is 0.521. The molecule has 0 spiro atoms. The van der Waals surface area contributed by atoms with Gasteiger partial charge in [0.1, 0.15) is 0 Å². The summed E-state index contributed by atoms with van der Waals surface area (Å²) >= 11 is 0. The molecule has 4 N–H and O–H groups in total. The molecule has 1 aromatic rings. The molecule has 0 amide bonds. The average Bonchev–Trinajstić information content (AvgIpc) is 2.11. The van der Waals surface area contributed by atoms with E-state index in [1.54, 1.807) is 0 Å². The Morgan fingerprint density at radius 2 is 1.58 bits per heavy atom. The van der Waals surface area contributed by atoms with Gasteiger partial charge in [0.15, 0.2) is 0 Å². The number of nitrogens with two attached hydrogens (primary N) is 2. The smallest absolute Gasteiger partial charge is 0.0260 e. The Morgan fingerprint density at radius 3 is 2.00 bits per heavy atom. The second kappa shape index (κ2) is 10.2. The van der Waals surface area contributed by atoms with Crippen LogP contribution in [0.4, 0.5) is 0 Å². The highest BCUT2D eigenvalue weighted by atomic mass is 35.5. The summed E-state index contributed by atoms with van der Waals surface area (Å²) in [6, 6.07) is 10.3. The van der Waals surface area contributed by atoms with Gasteiger partial charge >= 0.3 is 0 Å². The molecule has 0 unspecified atom stereocenters. The lowest BCUT2D eigenvalue weighted by molar-refractivity contribution is 1.26. The summed E-state index contributed by atoms with van der Waals surface area (Å²) in [5, 5.41) is 0. The van der Waals surface area contributed by atoms with Gasteiger partial charge in [-0.2, -0.15) is 0 Å². The van der Waals surface area contributed by atoms with Gasteiger partial charge in [0, 0.05) is 0 Å². The van der Waals surface area contributed by atoms with Crippen molar-refractivity contribution in [2.45, 2.75) is 6.92 Å². The fourth-order valence-electron chi connectivity index (χ4n) is 0.757. The Hall–Kier alpha value is -0.830. The van der Waals surface area contributed by atoms with Crippen LogP contribution in [0.3, 0.4) is 0 Å². The molecule has 0 saturated carbocycles. The van der Waals surface area contributed by atoms with E-state index >= 15 is 0 Å². The number of halogens is 1. The molecule has 0 aliphatic rings. The topological polar surface area (TPSA) is 52.0 Å². The summed E-state index contributed by atoms with van der Waals surface area (Å²) in [5.74, 6) is 8.00. The van der Waals surface area contributed by atoms with E-state index in [0.717, 1.165) is 0 Å². The molecule has 0 fully saturated rings. The van der Waals surface area contributed by atoms with Crippen molar-refractivity contribution >= 4 is 18.5 Å². The van der Waals surface area contributed by atoms with E-state index in [-0.39, 0.29) is 12.4 Å². The number of rotatable bonds is 1. The van der Waals surface area contributed by atoms with Crippen LogP contribution in [0.2, 0.25) is 0 Å². The molecule has 68 valence electrons. The lowest BCUT2D eigenvalue weighted by Crippen LogP contribution is -2.02. The van der Waals surface area contributed by atoms with Crippen molar-refractivity contribution in [3.63, 3.8) is 0 Å². The van der Waals surface area contributed by atoms with E-state index in [1.165, 1.54) is 5.56 Å². The van der Waals surface area contributed by atoms with E-state index in [0.29, 0.717) is 0 Å². The Morgan fingerprint density at radius 1 is 1.08 bits per heavy atom. The van der Waals surface area contributed by atoms with Crippen LogP contribution >= 0.6 is 12.4 Å². The number of benzene rings is 1. The molecule has 12 heavy (non-hydrogen) atoms. The summed E-state index contributed by atoms with van der Waals surface area (Å²) in [6.45, 7) is 2.02. The van der Waals surface area contributed by atoms with Crippen molar-refractivity contribution in [3.8, 4) is 0 Å². The second-order valence-corrected chi connectivity index (χ2v) is 1.91. The van der Waals surface area contributed by atoms with Crippen LogP contribution in [0.15, 0.2) is 36.4 Å². The van der Waals surface area contributed by atoms with E-state index in [1.807, 2.05) is 31.2 Å². The van der Waals surface area contributed by atoms with E-state index in [9.17, 15) is 0 Å². The van der Waals surface area contributed by atoms with Crippen molar-refractivity contribution < 1.29 is 0 Å². The molecular weight excluding hydrogens is 172 g/mol. The molecule has 0 aromatic heterocycles. The number of hydrogen-bond acceptors (Lipinski definition) is 2. The third-order valence-corrected chi connectivity index (χ3v) is 1.16. The maximum atomic E-state index is 4.00. The largest absolute Gasteiger partial charge is 0.274 e. The molecule has 0 radical (unpaired) electrons. The molecule has 0 aliphatic heterocycles. The highest BCUT2D eigenvalue weighted by Gasteiger charge is 1.77. The molecule has 0 bridgehead atoms. The first-order chi connectivity index (χ1) is 5.43. The predicted molar refractivity (Wildman–Crippen MR) is 56.8 cm³/mol. The standard InChI is InChI=1S/C9H10.ClH.H4N2/c1-2-6-9-7-4-3-5-8-9;;1-2/h2-8H,1H3;1H;1-2H2. The van der Waals surface area contributed by atoms with Crippen LogP contribution in [0.25, 0.3) is 6.08 Å². The second-order valence-electron chi connectivity index (χ2n) is 1.91. The molecule has 0 saturated heterocycles. The summed E-state index contributed by atoms with van der Waals surface area (Å²) in [4.78, 5) is 0. The van der Waals surface area contributed by atoms with Crippen LogP contribution in [0.5, 0.6) is 0 Å². The lowest BCUT2D eigenvalue weighted by atomic mass is 10.2. The van der Waals surface area contributed by atoms with Crippen molar-refractivity contribution in [1.29, 1.82) is 0 Å². The molecule has 2 nitrogen and oxygen atoms in total. The van der Waals surface area contributed by atoms with Crippen LogP contribution in [0, 0.1) is 0 Å². The van der Waals surface area contributed by atoms with Crippen LogP contribution in [-0.2, 0) is 0 Å². The van der Waals surface area contributed by atoms with Crippen molar-refractivity contribution in [3.05, 3.63) is 42.0 Å². The summed E-state index contributed by atoms with van der Waals surface area (Å²) in [6.07, 6.45) is 4.12. The zero-order valence-electron chi connectivity index (χ0n) is 7.10. The molecule has 1 rings (SSSR count). The Balaban J connectivity index is 0. The number of hydrogen-bond donors (Lipinski definition) is 2. The first-order valence-corrected chi connectivity index (χ1v) is 3.44. The van der Waals surface area contributed by atoms with Gasteiger partial charge < -0.3 is 0 Å². The molecule has 0 heterocycles. The van der Waals surface area contributed by atoms with Crippen molar-refractivity contribution in [2.75, 3.05) is 0 Å². The Bertz CT molecular complexity index is 197. The van der Waals surface area contributed by atoms with Crippen molar-refractivity contribution in [2.24, 2.45) is 11.7 Å². The van der Waals surface area contributed by atoms with Gasteiger partial charge in [-0.05, 0) is 12.5 Å². The van der Waals surface area contributed by atoms with Crippen LogP contribution < -0.4 is 11.7 Å². The summed E-state index contributed by atoms with van der Waals surface area (Å²) in [5.41, 5.74) is 1.26. The Kier molecular flexibility index (Phi) is 11.6. The SMILES string of the molecule is CC=Cc1ccccc1.Cl.NN. The van der Waals surface area contributed by atoms with Gasteiger partial charge in [-0.25, -0.2) is 0 Å².